The third-order valence-electron chi connectivity index (χ3n) is 3.94. The van der Waals surface area contributed by atoms with Gasteiger partial charge in [0, 0.05) is 26.8 Å². The number of hydrogen-bond donors (Lipinski definition) is 1. The standard InChI is InChI=1S/C16H25NO3/c1-18-11-14(20-3)10-17-16-6-4-5-12-9-13(19-2)7-8-15(12)16/h7-9,14,16-17H,4-6,10-11H2,1-3H3. The molecular weight excluding hydrogens is 254 g/mol. The van der Waals surface area contributed by atoms with E-state index in [0.29, 0.717) is 12.6 Å². The van der Waals surface area contributed by atoms with Crippen LogP contribution in [-0.2, 0) is 15.9 Å². The number of aryl methyl sites for hydroxylation is 1. The first-order chi connectivity index (χ1) is 9.78. The van der Waals surface area contributed by atoms with Gasteiger partial charge in [-0.3, -0.25) is 0 Å². The number of fused-ring (bicyclic) bond motifs is 1. The molecule has 0 radical (unpaired) electrons. The molecule has 2 atom stereocenters. The normalized spacial score (nSPS) is 19.4. The van der Waals surface area contributed by atoms with Gasteiger partial charge in [0.2, 0.25) is 0 Å². The van der Waals surface area contributed by atoms with Gasteiger partial charge < -0.3 is 19.5 Å². The van der Waals surface area contributed by atoms with Crippen molar-refractivity contribution in [3.8, 4) is 5.75 Å². The minimum absolute atomic E-state index is 0.101. The molecule has 1 aliphatic carbocycles. The Hall–Kier alpha value is -1.10. The van der Waals surface area contributed by atoms with Crippen LogP contribution in [0.5, 0.6) is 5.75 Å². The summed E-state index contributed by atoms with van der Waals surface area (Å²) in [4.78, 5) is 0. The van der Waals surface area contributed by atoms with E-state index in [1.54, 1.807) is 21.3 Å². The molecule has 0 fully saturated rings. The highest BCUT2D eigenvalue weighted by atomic mass is 16.5. The summed E-state index contributed by atoms with van der Waals surface area (Å²) in [5, 5.41) is 3.61. The minimum Gasteiger partial charge on any atom is -0.497 e. The highest BCUT2D eigenvalue weighted by Gasteiger charge is 2.21. The van der Waals surface area contributed by atoms with Gasteiger partial charge in [-0.2, -0.15) is 0 Å². The molecule has 0 bridgehead atoms. The minimum atomic E-state index is 0.101. The fraction of sp³-hybridized carbons (Fsp3) is 0.625. The SMILES string of the molecule is COCC(CNC1CCCc2cc(OC)ccc21)OC. The van der Waals surface area contributed by atoms with Crippen LogP contribution >= 0.6 is 0 Å². The lowest BCUT2D eigenvalue weighted by atomic mass is 9.87. The molecule has 4 nitrogen and oxygen atoms in total. The lowest BCUT2D eigenvalue weighted by molar-refractivity contribution is 0.0270. The molecular formula is C16H25NO3. The average molecular weight is 279 g/mol. The van der Waals surface area contributed by atoms with Crippen LogP contribution in [0.1, 0.15) is 30.0 Å². The Balaban J connectivity index is 2.01. The van der Waals surface area contributed by atoms with Crippen molar-refractivity contribution in [2.75, 3.05) is 34.5 Å². The molecule has 0 saturated heterocycles. The summed E-state index contributed by atoms with van der Waals surface area (Å²) < 4.78 is 15.9. The van der Waals surface area contributed by atoms with Crippen molar-refractivity contribution < 1.29 is 14.2 Å². The zero-order valence-corrected chi connectivity index (χ0v) is 12.6. The Bertz CT molecular complexity index is 422. The third kappa shape index (κ3) is 3.72. The maximum atomic E-state index is 5.40. The lowest BCUT2D eigenvalue weighted by Crippen LogP contribution is -2.35. The number of nitrogens with one attached hydrogen (secondary N) is 1. The molecule has 0 heterocycles. The van der Waals surface area contributed by atoms with Crippen molar-refractivity contribution in [1.29, 1.82) is 0 Å². The predicted octanol–water partition coefficient (Wildman–Crippen LogP) is 2.32. The Morgan fingerprint density at radius 1 is 1.30 bits per heavy atom. The van der Waals surface area contributed by atoms with Crippen LogP contribution in [0.3, 0.4) is 0 Å². The molecule has 1 aromatic rings. The molecule has 0 amide bonds. The summed E-state index contributed by atoms with van der Waals surface area (Å²) in [6, 6.07) is 6.79. The van der Waals surface area contributed by atoms with Crippen LogP contribution in [0, 0.1) is 0 Å². The highest BCUT2D eigenvalue weighted by molar-refractivity contribution is 5.39. The van der Waals surface area contributed by atoms with E-state index in [2.05, 4.69) is 17.4 Å². The fourth-order valence-corrected chi connectivity index (χ4v) is 2.80. The van der Waals surface area contributed by atoms with Gasteiger partial charge in [0.15, 0.2) is 0 Å². The molecule has 4 heteroatoms. The van der Waals surface area contributed by atoms with Gasteiger partial charge in [-0.1, -0.05) is 6.07 Å². The third-order valence-corrected chi connectivity index (χ3v) is 3.94. The molecule has 112 valence electrons. The number of rotatable bonds is 7. The second kappa shape index (κ2) is 7.62. The maximum absolute atomic E-state index is 5.40. The lowest BCUT2D eigenvalue weighted by Gasteiger charge is -2.28. The predicted molar refractivity (Wildman–Crippen MR) is 79.3 cm³/mol. The van der Waals surface area contributed by atoms with Crippen LogP contribution in [0.25, 0.3) is 0 Å². The van der Waals surface area contributed by atoms with Crippen molar-refractivity contribution in [3.05, 3.63) is 29.3 Å². The van der Waals surface area contributed by atoms with Gasteiger partial charge in [0.1, 0.15) is 5.75 Å². The van der Waals surface area contributed by atoms with Gasteiger partial charge in [0.05, 0.1) is 19.8 Å². The first-order valence-corrected chi connectivity index (χ1v) is 7.20. The van der Waals surface area contributed by atoms with Crippen molar-refractivity contribution >= 4 is 0 Å². The molecule has 0 aliphatic heterocycles. The van der Waals surface area contributed by atoms with E-state index in [1.165, 1.54) is 24.0 Å². The van der Waals surface area contributed by atoms with Crippen LogP contribution in [0.2, 0.25) is 0 Å². The first kappa shape index (κ1) is 15.3. The Kier molecular flexibility index (Phi) is 5.83. The molecule has 0 aromatic heterocycles. The number of methoxy groups -OCH3 is 3. The Morgan fingerprint density at radius 2 is 2.15 bits per heavy atom. The second-order valence-electron chi connectivity index (χ2n) is 5.23. The summed E-state index contributed by atoms with van der Waals surface area (Å²) in [5.41, 5.74) is 2.79. The van der Waals surface area contributed by atoms with Crippen LogP contribution < -0.4 is 10.1 Å². The zero-order valence-electron chi connectivity index (χ0n) is 12.6. The Morgan fingerprint density at radius 3 is 2.85 bits per heavy atom. The van der Waals surface area contributed by atoms with E-state index in [0.717, 1.165) is 18.7 Å². The monoisotopic (exact) mass is 279 g/mol. The topological polar surface area (TPSA) is 39.7 Å². The van der Waals surface area contributed by atoms with Crippen molar-refractivity contribution in [2.24, 2.45) is 0 Å². The van der Waals surface area contributed by atoms with E-state index in [4.69, 9.17) is 14.2 Å². The van der Waals surface area contributed by atoms with Crippen LogP contribution in [0.4, 0.5) is 0 Å². The van der Waals surface area contributed by atoms with Gasteiger partial charge >= 0.3 is 0 Å². The quantitative estimate of drug-likeness (QED) is 0.831. The summed E-state index contributed by atoms with van der Waals surface area (Å²) in [7, 11) is 5.15. The zero-order chi connectivity index (χ0) is 14.4. The molecule has 0 spiro atoms. The maximum Gasteiger partial charge on any atom is 0.119 e. The molecule has 1 N–H and O–H groups in total. The fourth-order valence-electron chi connectivity index (χ4n) is 2.80. The number of ether oxygens (including phenoxy) is 3. The molecule has 1 aromatic carbocycles. The summed E-state index contributed by atoms with van der Waals surface area (Å²) in [6.45, 7) is 1.42. The molecule has 2 unspecified atom stereocenters. The van der Waals surface area contributed by atoms with E-state index in [-0.39, 0.29) is 6.10 Å². The molecule has 1 aliphatic rings. The average Bonchev–Trinajstić information content (AvgIpc) is 2.50. The van der Waals surface area contributed by atoms with Gasteiger partial charge in [-0.05, 0) is 42.5 Å². The van der Waals surface area contributed by atoms with Crippen LogP contribution in [0.15, 0.2) is 18.2 Å². The Labute approximate surface area is 121 Å². The largest absolute Gasteiger partial charge is 0.497 e. The van der Waals surface area contributed by atoms with E-state index in [1.807, 2.05) is 6.07 Å². The summed E-state index contributed by atoms with van der Waals surface area (Å²) in [6.07, 6.45) is 3.61. The molecule has 2 rings (SSSR count). The highest BCUT2D eigenvalue weighted by Crippen LogP contribution is 2.32. The van der Waals surface area contributed by atoms with Crippen molar-refractivity contribution in [3.63, 3.8) is 0 Å². The molecule has 20 heavy (non-hydrogen) atoms. The first-order valence-electron chi connectivity index (χ1n) is 7.20. The molecule has 0 saturated carbocycles. The van der Waals surface area contributed by atoms with E-state index >= 15 is 0 Å². The number of hydrogen-bond acceptors (Lipinski definition) is 4. The van der Waals surface area contributed by atoms with E-state index < -0.39 is 0 Å². The van der Waals surface area contributed by atoms with Gasteiger partial charge in [0.25, 0.3) is 0 Å². The summed E-state index contributed by atoms with van der Waals surface area (Å²) >= 11 is 0. The van der Waals surface area contributed by atoms with Crippen molar-refractivity contribution in [1.82, 2.24) is 5.32 Å². The van der Waals surface area contributed by atoms with E-state index in [9.17, 15) is 0 Å². The second-order valence-corrected chi connectivity index (χ2v) is 5.23. The van der Waals surface area contributed by atoms with Crippen molar-refractivity contribution in [2.45, 2.75) is 31.4 Å². The summed E-state index contributed by atoms with van der Waals surface area (Å²) in [5.74, 6) is 0.943. The van der Waals surface area contributed by atoms with Crippen LogP contribution in [-0.4, -0.2) is 40.6 Å². The number of benzene rings is 1. The van der Waals surface area contributed by atoms with Gasteiger partial charge in [-0.25, -0.2) is 0 Å². The smallest absolute Gasteiger partial charge is 0.119 e. The van der Waals surface area contributed by atoms with Gasteiger partial charge in [-0.15, -0.1) is 0 Å².